The molecule has 3 aromatic rings. The first-order valence-corrected chi connectivity index (χ1v) is 9.25. The largest absolute Gasteiger partial charge is 0.487 e. The molecule has 0 aliphatic carbocycles. The van der Waals surface area contributed by atoms with Gasteiger partial charge in [-0.3, -0.25) is 9.59 Å². The monoisotopic (exact) mass is 381 g/mol. The second kappa shape index (κ2) is 9.19. The molecule has 146 valence electrons. The van der Waals surface area contributed by atoms with Crippen molar-refractivity contribution in [3.8, 4) is 5.75 Å². The first kappa shape index (κ1) is 19.6. The Balaban J connectivity index is 1.85. The lowest BCUT2D eigenvalue weighted by molar-refractivity contribution is -0.143. The van der Waals surface area contributed by atoms with Crippen molar-refractivity contribution in [2.24, 2.45) is 0 Å². The third-order valence-corrected chi connectivity index (χ3v) is 4.41. The van der Waals surface area contributed by atoms with Crippen LogP contribution in [0, 0.1) is 0 Å². The van der Waals surface area contributed by atoms with E-state index in [1.807, 2.05) is 30.3 Å². The van der Waals surface area contributed by atoms with Crippen LogP contribution in [-0.2, 0) is 16.1 Å². The fraction of sp³-hybridized carbons (Fsp3) is 0.273. The minimum atomic E-state index is -0.860. The molecule has 6 nitrogen and oxygen atoms in total. The van der Waals surface area contributed by atoms with Gasteiger partial charge in [-0.15, -0.1) is 0 Å². The molecule has 1 unspecified atom stereocenters. The van der Waals surface area contributed by atoms with Gasteiger partial charge < -0.3 is 19.6 Å². The highest BCUT2D eigenvalue weighted by molar-refractivity contribution is 5.87. The maximum atomic E-state index is 11.8. The van der Waals surface area contributed by atoms with Gasteiger partial charge in [0.25, 0.3) is 0 Å². The summed E-state index contributed by atoms with van der Waals surface area (Å²) >= 11 is 0. The molecule has 0 fully saturated rings. The molecular weight excluding hydrogens is 358 g/mol. The summed E-state index contributed by atoms with van der Waals surface area (Å²) in [7, 11) is 0. The molecule has 0 bridgehead atoms. The van der Waals surface area contributed by atoms with Crippen LogP contribution in [-0.4, -0.2) is 22.7 Å². The summed E-state index contributed by atoms with van der Waals surface area (Å²) < 4.78 is 10.8. The van der Waals surface area contributed by atoms with Gasteiger partial charge in [0, 0.05) is 17.9 Å². The quantitative estimate of drug-likeness (QED) is 0.583. The molecule has 1 atom stereocenters. The minimum Gasteiger partial charge on any atom is -0.487 e. The van der Waals surface area contributed by atoms with Crippen LogP contribution in [0.1, 0.15) is 37.0 Å². The number of carbonyl (C=O) groups excluding carboxylic acids is 1. The van der Waals surface area contributed by atoms with Crippen LogP contribution in [0.2, 0.25) is 0 Å². The molecule has 0 aliphatic heterocycles. The van der Waals surface area contributed by atoms with E-state index in [1.165, 1.54) is 6.07 Å². The second-order valence-electron chi connectivity index (χ2n) is 6.40. The van der Waals surface area contributed by atoms with Crippen molar-refractivity contribution >= 4 is 16.9 Å². The maximum absolute atomic E-state index is 11.8. The van der Waals surface area contributed by atoms with Crippen molar-refractivity contribution in [3.05, 3.63) is 76.1 Å². The Bertz CT molecular complexity index is 997. The fourth-order valence-corrected chi connectivity index (χ4v) is 3.04. The Kier molecular flexibility index (Phi) is 6.45. The van der Waals surface area contributed by atoms with Gasteiger partial charge in [-0.1, -0.05) is 36.4 Å². The number of rotatable bonds is 8. The number of benzene rings is 2. The number of pyridine rings is 1. The van der Waals surface area contributed by atoms with Crippen molar-refractivity contribution in [1.82, 2.24) is 4.98 Å². The Morgan fingerprint density at radius 1 is 1.11 bits per heavy atom. The van der Waals surface area contributed by atoms with Gasteiger partial charge in [-0.25, -0.2) is 0 Å². The number of aromatic nitrogens is 1. The van der Waals surface area contributed by atoms with Crippen LogP contribution in [0.15, 0.2) is 59.4 Å². The van der Waals surface area contributed by atoms with E-state index in [2.05, 4.69) is 4.98 Å². The Hall–Kier alpha value is -3.12. The number of fused-ring (bicyclic) bond motifs is 1. The van der Waals surface area contributed by atoms with Crippen molar-refractivity contribution in [3.63, 3.8) is 0 Å². The molecular formula is C22H23NO5. The van der Waals surface area contributed by atoms with Crippen LogP contribution in [0.25, 0.3) is 10.9 Å². The first-order chi connectivity index (χ1) is 13.6. The van der Waals surface area contributed by atoms with Gasteiger partial charge in [0.1, 0.15) is 12.4 Å². The molecule has 0 radical (unpaired) electrons. The molecule has 3 rings (SSSR count). The standard InChI is InChI=1S/C22H23NO5/c1-2-27-21(26)13-10-18(24)16-8-11-19(22-17(16)9-12-20(25)23-22)28-14-15-6-4-3-5-7-15/h3-9,11-12,18,24H,2,10,13-14H2,1H3,(H,23,25). The average Bonchev–Trinajstić information content (AvgIpc) is 2.71. The molecule has 1 aromatic heterocycles. The summed E-state index contributed by atoms with van der Waals surface area (Å²) in [4.78, 5) is 26.2. The summed E-state index contributed by atoms with van der Waals surface area (Å²) in [6.07, 6.45) is -0.510. The van der Waals surface area contributed by atoms with Crippen LogP contribution in [0.4, 0.5) is 0 Å². The summed E-state index contributed by atoms with van der Waals surface area (Å²) in [6.45, 7) is 2.41. The zero-order valence-electron chi connectivity index (χ0n) is 15.7. The van der Waals surface area contributed by atoms with Crippen LogP contribution in [0.3, 0.4) is 0 Å². The average molecular weight is 381 g/mol. The van der Waals surface area contributed by atoms with E-state index in [0.717, 1.165) is 5.56 Å². The molecule has 2 aromatic carbocycles. The maximum Gasteiger partial charge on any atom is 0.305 e. The van der Waals surface area contributed by atoms with Gasteiger partial charge in [0.2, 0.25) is 5.56 Å². The topological polar surface area (TPSA) is 88.6 Å². The van der Waals surface area contributed by atoms with E-state index in [0.29, 0.717) is 35.4 Å². The van der Waals surface area contributed by atoms with Crippen LogP contribution >= 0.6 is 0 Å². The zero-order valence-corrected chi connectivity index (χ0v) is 15.7. The van der Waals surface area contributed by atoms with E-state index >= 15 is 0 Å². The summed E-state index contributed by atoms with van der Waals surface area (Å²) in [5.41, 5.74) is 1.90. The number of hydrogen-bond acceptors (Lipinski definition) is 5. The van der Waals surface area contributed by atoms with E-state index in [9.17, 15) is 14.7 Å². The van der Waals surface area contributed by atoms with Crippen molar-refractivity contribution in [1.29, 1.82) is 0 Å². The highest BCUT2D eigenvalue weighted by Crippen LogP contribution is 2.31. The SMILES string of the molecule is CCOC(=O)CCC(O)c1ccc(OCc2ccccc2)c2[nH]c(=O)ccc12. The number of carbonyl (C=O) groups is 1. The van der Waals surface area contributed by atoms with E-state index in [1.54, 1.807) is 25.1 Å². The summed E-state index contributed by atoms with van der Waals surface area (Å²) in [6, 6.07) is 16.3. The molecule has 0 amide bonds. The lowest BCUT2D eigenvalue weighted by Gasteiger charge is -2.16. The van der Waals surface area contributed by atoms with Gasteiger partial charge in [-0.05, 0) is 36.6 Å². The lowest BCUT2D eigenvalue weighted by atomic mass is 9.99. The van der Waals surface area contributed by atoms with Gasteiger partial charge >= 0.3 is 5.97 Å². The summed E-state index contributed by atoms with van der Waals surface area (Å²) in [5, 5.41) is 11.2. The first-order valence-electron chi connectivity index (χ1n) is 9.25. The number of esters is 1. The third-order valence-electron chi connectivity index (χ3n) is 4.41. The molecule has 0 saturated heterocycles. The lowest BCUT2D eigenvalue weighted by Crippen LogP contribution is -2.09. The van der Waals surface area contributed by atoms with Gasteiger partial charge in [-0.2, -0.15) is 0 Å². The highest BCUT2D eigenvalue weighted by Gasteiger charge is 2.16. The molecule has 0 saturated carbocycles. The van der Waals surface area contributed by atoms with Crippen molar-refractivity contribution in [2.75, 3.05) is 6.61 Å². The normalized spacial score (nSPS) is 11.9. The second-order valence-corrected chi connectivity index (χ2v) is 6.40. The fourth-order valence-electron chi connectivity index (χ4n) is 3.04. The summed E-state index contributed by atoms with van der Waals surface area (Å²) in [5.74, 6) is 0.181. The number of aromatic amines is 1. The number of aliphatic hydroxyl groups excluding tert-OH is 1. The zero-order chi connectivity index (χ0) is 19.9. The molecule has 2 N–H and O–H groups in total. The van der Waals surface area contributed by atoms with E-state index < -0.39 is 6.10 Å². The van der Waals surface area contributed by atoms with Crippen molar-refractivity contribution in [2.45, 2.75) is 32.5 Å². The van der Waals surface area contributed by atoms with E-state index in [-0.39, 0.29) is 24.4 Å². The third kappa shape index (κ3) is 4.78. The minimum absolute atomic E-state index is 0.117. The van der Waals surface area contributed by atoms with Crippen molar-refractivity contribution < 1.29 is 19.4 Å². The Labute approximate surface area is 162 Å². The Morgan fingerprint density at radius 2 is 1.89 bits per heavy atom. The molecule has 6 heteroatoms. The number of H-pyrrole nitrogens is 1. The molecule has 1 heterocycles. The van der Waals surface area contributed by atoms with Crippen LogP contribution < -0.4 is 10.3 Å². The smallest absolute Gasteiger partial charge is 0.305 e. The molecule has 28 heavy (non-hydrogen) atoms. The van der Waals surface area contributed by atoms with Crippen LogP contribution in [0.5, 0.6) is 5.75 Å². The predicted molar refractivity (Wildman–Crippen MR) is 106 cm³/mol. The molecule has 0 aliphatic rings. The number of hydrogen-bond donors (Lipinski definition) is 2. The Morgan fingerprint density at radius 3 is 2.64 bits per heavy atom. The van der Waals surface area contributed by atoms with Gasteiger partial charge in [0.15, 0.2) is 0 Å². The van der Waals surface area contributed by atoms with E-state index in [4.69, 9.17) is 9.47 Å². The number of aliphatic hydroxyl groups is 1. The predicted octanol–water partition coefficient (Wildman–Crippen LogP) is 3.48. The highest BCUT2D eigenvalue weighted by atomic mass is 16.5. The molecule has 0 spiro atoms. The number of nitrogens with one attached hydrogen (secondary N) is 1. The van der Waals surface area contributed by atoms with Gasteiger partial charge in [0.05, 0.1) is 18.2 Å². The number of ether oxygens (including phenoxy) is 2.